The Morgan fingerprint density at radius 2 is 1.77 bits per heavy atom. The van der Waals surface area contributed by atoms with Gasteiger partial charge in [-0.2, -0.15) is 5.26 Å². The second-order valence-electron chi connectivity index (χ2n) is 6.37. The highest BCUT2D eigenvalue weighted by molar-refractivity contribution is 7.92. The summed E-state index contributed by atoms with van der Waals surface area (Å²) < 4.78 is 31.4. The normalized spacial score (nSPS) is 24.5. The minimum absolute atomic E-state index is 0.0843. The molecule has 1 fully saturated rings. The molecule has 2 aromatic carbocycles. The van der Waals surface area contributed by atoms with Gasteiger partial charge in [0.25, 0.3) is 0 Å². The van der Waals surface area contributed by atoms with E-state index in [1.165, 1.54) is 12.1 Å². The highest BCUT2D eigenvalue weighted by Crippen LogP contribution is 2.64. The van der Waals surface area contributed by atoms with Crippen LogP contribution in [-0.4, -0.2) is 26.2 Å². The van der Waals surface area contributed by atoms with Gasteiger partial charge in [-0.25, -0.2) is 8.42 Å². The first-order valence-electron chi connectivity index (χ1n) is 8.33. The molecule has 134 valence electrons. The SMILES string of the molecule is CCOC(=O)[C@]1(C#N)[C@H](c2ccc(C)cc2)[C@@H]1S(=O)(=O)c1ccccc1. The van der Waals surface area contributed by atoms with E-state index in [0.29, 0.717) is 5.56 Å². The highest BCUT2D eigenvalue weighted by Gasteiger charge is 2.77. The second kappa shape index (κ2) is 6.58. The fraction of sp³-hybridized carbons (Fsp3) is 0.300. The lowest BCUT2D eigenvalue weighted by molar-refractivity contribution is -0.147. The van der Waals surface area contributed by atoms with E-state index >= 15 is 0 Å². The molecule has 2 aromatic rings. The third-order valence-corrected chi connectivity index (χ3v) is 7.02. The standard InChI is InChI=1S/C20H19NO4S/c1-3-25-19(22)20(13-21)17(15-11-9-14(2)10-12-15)18(20)26(23,24)16-7-5-4-6-8-16/h4-12,17-18H,3H2,1-2H3/t17-,18+,20-/m1/s1. The topological polar surface area (TPSA) is 84.2 Å². The van der Waals surface area contributed by atoms with Crippen LogP contribution < -0.4 is 0 Å². The number of carbonyl (C=O) groups excluding carboxylic acids is 1. The quantitative estimate of drug-likeness (QED) is 0.757. The van der Waals surface area contributed by atoms with Crippen molar-refractivity contribution in [2.24, 2.45) is 5.41 Å². The van der Waals surface area contributed by atoms with Gasteiger partial charge in [-0.1, -0.05) is 48.0 Å². The molecule has 3 atom stereocenters. The molecule has 0 saturated heterocycles. The van der Waals surface area contributed by atoms with Crippen molar-refractivity contribution in [3.05, 3.63) is 65.7 Å². The van der Waals surface area contributed by atoms with Gasteiger partial charge in [0.2, 0.25) is 0 Å². The molecule has 0 N–H and O–H groups in total. The van der Waals surface area contributed by atoms with Crippen molar-refractivity contribution < 1.29 is 17.9 Å². The van der Waals surface area contributed by atoms with Crippen molar-refractivity contribution in [2.75, 3.05) is 6.61 Å². The monoisotopic (exact) mass is 369 g/mol. The number of hydrogen-bond donors (Lipinski definition) is 0. The van der Waals surface area contributed by atoms with E-state index in [0.717, 1.165) is 5.56 Å². The van der Waals surface area contributed by atoms with Crippen molar-refractivity contribution >= 4 is 15.8 Å². The molecule has 0 spiro atoms. The Hall–Kier alpha value is -2.65. The summed E-state index contributed by atoms with van der Waals surface area (Å²) in [5, 5.41) is 8.64. The molecule has 3 rings (SSSR count). The molecule has 0 unspecified atom stereocenters. The van der Waals surface area contributed by atoms with Crippen LogP contribution in [0.25, 0.3) is 0 Å². The average Bonchev–Trinajstić information content (AvgIpc) is 3.35. The number of esters is 1. The smallest absolute Gasteiger partial charge is 0.328 e. The molecule has 0 heterocycles. The van der Waals surface area contributed by atoms with Crippen LogP contribution in [-0.2, 0) is 19.4 Å². The number of nitriles is 1. The number of nitrogens with zero attached hydrogens (tertiary/aromatic N) is 1. The molecule has 6 heteroatoms. The molecule has 1 aliphatic carbocycles. The third-order valence-electron chi connectivity index (χ3n) is 4.77. The molecule has 0 bridgehead atoms. The first kappa shape index (κ1) is 18.2. The molecule has 0 radical (unpaired) electrons. The van der Waals surface area contributed by atoms with Crippen LogP contribution in [0.2, 0.25) is 0 Å². The molecular formula is C20H19NO4S. The summed E-state index contributed by atoms with van der Waals surface area (Å²) in [5.41, 5.74) is -0.0646. The first-order chi connectivity index (χ1) is 12.4. The van der Waals surface area contributed by atoms with Gasteiger partial charge in [-0.05, 0) is 31.5 Å². The van der Waals surface area contributed by atoms with E-state index in [1.54, 1.807) is 37.3 Å². The van der Waals surface area contributed by atoms with E-state index in [2.05, 4.69) is 0 Å². The molecule has 1 aliphatic rings. The van der Waals surface area contributed by atoms with Crippen molar-refractivity contribution in [3.63, 3.8) is 0 Å². The Morgan fingerprint density at radius 1 is 1.15 bits per heavy atom. The largest absolute Gasteiger partial charge is 0.465 e. The van der Waals surface area contributed by atoms with E-state index < -0.39 is 32.4 Å². The fourth-order valence-corrected chi connectivity index (χ4v) is 5.69. The Morgan fingerprint density at radius 3 is 2.31 bits per heavy atom. The van der Waals surface area contributed by atoms with E-state index in [1.807, 2.05) is 25.1 Å². The van der Waals surface area contributed by atoms with Crippen molar-refractivity contribution in [2.45, 2.75) is 29.9 Å². The zero-order valence-electron chi connectivity index (χ0n) is 14.5. The van der Waals surface area contributed by atoms with E-state index in [-0.39, 0.29) is 11.5 Å². The van der Waals surface area contributed by atoms with Crippen molar-refractivity contribution in [1.82, 2.24) is 0 Å². The summed E-state index contributed by atoms with van der Waals surface area (Å²) in [6.07, 6.45) is 0. The van der Waals surface area contributed by atoms with Crippen molar-refractivity contribution in [1.29, 1.82) is 5.26 Å². The lowest BCUT2D eigenvalue weighted by atomic mass is 10.00. The number of hydrogen-bond acceptors (Lipinski definition) is 5. The maximum Gasteiger partial charge on any atom is 0.328 e. The van der Waals surface area contributed by atoms with Crippen LogP contribution in [0.5, 0.6) is 0 Å². The zero-order chi connectivity index (χ0) is 18.9. The van der Waals surface area contributed by atoms with Crippen LogP contribution in [0.15, 0.2) is 59.5 Å². The Balaban J connectivity index is 2.13. The minimum Gasteiger partial charge on any atom is -0.465 e. The average molecular weight is 369 g/mol. The van der Waals surface area contributed by atoms with Gasteiger partial charge in [-0.15, -0.1) is 0 Å². The van der Waals surface area contributed by atoms with Crippen LogP contribution in [0.1, 0.15) is 24.0 Å². The van der Waals surface area contributed by atoms with Crippen LogP contribution >= 0.6 is 0 Å². The molecular weight excluding hydrogens is 350 g/mol. The molecule has 1 saturated carbocycles. The first-order valence-corrected chi connectivity index (χ1v) is 9.88. The van der Waals surface area contributed by atoms with E-state index in [9.17, 15) is 18.5 Å². The summed E-state index contributed by atoms with van der Waals surface area (Å²) in [4.78, 5) is 12.7. The van der Waals surface area contributed by atoms with Crippen LogP contribution in [0.3, 0.4) is 0 Å². The van der Waals surface area contributed by atoms with Crippen molar-refractivity contribution in [3.8, 4) is 6.07 Å². The number of benzene rings is 2. The van der Waals surface area contributed by atoms with Gasteiger partial charge in [0, 0.05) is 5.92 Å². The summed E-state index contributed by atoms with van der Waals surface area (Å²) in [6.45, 7) is 3.63. The third kappa shape index (κ3) is 2.69. The lowest BCUT2D eigenvalue weighted by Gasteiger charge is -2.09. The number of ether oxygens (including phenoxy) is 1. The van der Waals surface area contributed by atoms with Gasteiger partial charge in [0.1, 0.15) is 5.25 Å². The van der Waals surface area contributed by atoms with Gasteiger partial charge < -0.3 is 4.74 Å². The highest BCUT2D eigenvalue weighted by atomic mass is 32.2. The molecule has 0 amide bonds. The minimum atomic E-state index is -3.88. The van der Waals surface area contributed by atoms with Gasteiger partial charge in [-0.3, -0.25) is 4.79 Å². The van der Waals surface area contributed by atoms with Gasteiger partial charge >= 0.3 is 5.97 Å². The number of aryl methyl sites for hydroxylation is 1. The van der Waals surface area contributed by atoms with E-state index in [4.69, 9.17) is 4.74 Å². The molecule has 26 heavy (non-hydrogen) atoms. The molecule has 0 aromatic heterocycles. The zero-order valence-corrected chi connectivity index (χ0v) is 15.4. The number of rotatable bonds is 5. The second-order valence-corrected chi connectivity index (χ2v) is 8.44. The molecule has 5 nitrogen and oxygen atoms in total. The summed E-state index contributed by atoms with van der Waals surface area (Å²) in [5.74, 6) is -1.53. The van der Waals surface area contributed by atoms with Gasteiger partial charge in [0.15, 0.2) is 15.3 Å². The number of carbonyl (C=O) groups is 1. The predicted octanol–water partition coefficient (Wildman–Crippen LogP) is 3.01. The van der Waals surface area contributed by atoms with Gasteiger partial charge in [0.05, 0.1) is 17.6 Å². The lowest BCUT2D eigenvalue weighted by Crippen LogP contribution is -2.25. The fourth-order valence-electron chi connectivity index (χ4n) is 3.42. The summed E-state index contributed by atoms with van der Waals surface area (Å²) in [7, 11) is -3.88. The summed E-state index contributed by atoms with van der Waals surface area (Å²) >= 11 is 0. The maximum atomic E-state index is 13.2. The predicted molar refractivity (Wildman–Crippen MR) is 96.0 cm³/mol. The molecule has 0 aliphatic heterocycles. The number of sulfone groups is 1. The Bertz CT molecular complexity index is 961. The Kier molecular flexibility index (Phi) is 4.59. The Labute approximate surface area is 153 Å². The van der Waals surface area contributed by atoms with Crippen LogP contribution in [0, 0.1) is 23.7 Å². The van der Waals surface area contributed by atoms with Crippen LogP contribution in [0.4, 0.5) is 0 Å². The summed E-state index contributed by atoms with van der Waals surface area (Å²) in [6, 6.07) is 17.1. The maximum absolute atomic E-state index is 13.2.